The summed E-state index contributed by atoms with van der Waals surface area (Å²) in [6.07, 6.45) is 0. The molecule has 148 valence electrons. The minimum atomic E-state index is -5.17. The van der Waals surface area contributed by atoms with Crippen molar-refractivity contribution in [2.45, 2.75) is 0 Å². The standard InChI is InChI=1S/C3H6N6.2Bi.3H2O4S/c4-1-7-2(5)9-3(6)8-1;;;3*1-5(2,3)4/h(H6,4,5,6,7,8,9);;;3*(H2,1,2,3,4)/q;2*+3;;;/p-6. The number of aromatic nitrogens is 3. The number of hydrogen-bond donors (Lipinski definition) is 3. The van der Waals surface area contributed by atoms with Crippen molar-refractivity contribution in [1.29, 1.82) is 0 Å². The number of nitrogen functional groups attached to an aromatic ring is 3. The summed E-state index contributed by atoms with van der Waals surface area (Å²) in [6.45, 7) is 0. The van der Waals surface area contributed by atoms with Crippen LogP contribution < -0.4 is 17.2 Å². The van der Waals surface area contributed by atoms with E-state index >= 15 is 0 Å². The topological polar surface area (TPSA) is 358 Å². The number of rotatable bonds is 0. The third-order valence-electron chi connectivity index (χ3n) is 0.687. The molecule has 6 N–H and O–H groups in total. The van der Waals surface area contributed by atoms with Crippen molar-refractivity contribution < 1.29 is 52.6 Å². The van der Waals surface area contributed by atoms with Crippen molar-refractivity contribution >= 4 is 101 Å². The Balaban J connectivity index is -0.0000000771. The largest absolute Gasteiger partial charge is 3.00 e. The number of nitrogens with zero attached hydrogens (tertiary/aromatic N) is 3. The Kier molecular flexibility index (Phi) is 22.3. The maximum Gasteiger partial charge on any atom is 3.00 e. The Morgan fingerprint density at radius 3 is 0.654 bits per heavy atom. The number of nitrogens with two attached hydrogens (primary N) is 3. The van der Waals surface area contributed by atoms with Crippen molar-refractivity contribution in [3.8, 4) is 0 Å². The van der Waals surface area contributed by atoms with Gasteiger partial charge in [0.25, 0.3) is 0 Å². The zero-order valence-corrected chi connectivity index (χ0v) is 21.0. The van der Waals surface area contributed by atoms with E-state index in [1.54, 1.807) is 0 Å². The first-order valence-electron chi connectivity index (χ1n) is 4.21. The Hall–Kier alpha value is -0.214. The van der Waals surface area contributed by atoms with Crippen LogP contribution in [0.4, 0.5) is 17.8 Å². The smallest absolute Gasteiger partial charge is 0.759 e. The Labute approximate surface area is 185 Å². The number of anilines is 3. The molecule has 1 aromatic rings. The van der Waals surface area contributed by atoms with Crippen molar-refractivity contribution in [2.24, 2.45) is 0 Å². The molecule has 23 heteroatoms. The van der Waals surface area contributed by atoms with Crippen LogP contribution in [-0.2, 0) is 31.2 Å². The average molecular weight is 832 g/mol. The molecule has 0 atom stereocenters. The molecule has 1 aromatic heterocycles. The molecule has 1 heterocycles. The van der Waals surface area contributed by atoms with Gasteiger partial charge in [0, 0.05) is 31.2 Å². The number of hydrogen-bond acceptors (Lipinski definition) is 18. The SMILES string of the molecule is Nc1nc(N)nc(N)n1.O=S(=O)([O-])[O-].O=S(=O)([O-])[O-].O=S(=O)([O-])[O-].[Bi+3].[Bi+3]. The third-order valence-corrected chi connectivity index (χ3v) is 0.687. The molecular formula is C3H6Bi2N6O12S3. The van der Waals surface area contributed by atoms with Gasteiger partial charge in [-0.3, -0.25) is 25.3 Å². The summed E-state index contributed by atoms with van der Waals surface area (Å²) < 4.78 is 102. The molecule has 0 aliphatic heterocycles. The summed E-state index contributed by atoms with van der Waals surface area (Å²) in [5.41, 5.74) is 15.4. The van der Waals surface area contributed by atoms with E-state index in [2.05, 4.69) is 15.0 Å². The summed E-state index contributed by atoms with van der Waals surface area (Å²) in [6, 6.07) is 0. The molecule has 0 amide bonds. The molecule has 0 saturated carbocycles. The molecule has 0 spiro atoms. The van der Waals surface area contributed by atoms with Crippen LogP contribution in [0.3, 0.4) is 0 Å². The Morgan fingerprint density at radius 1 is 0.500 bits per heavy atom. The fourth-order valence-electron chi connectivity index (χ4n) is 0.427. The minimum absolute atomic E-state index is 0. The quantitative estimate of drug-likeness (QED) is 0.124. The maximum atomic E-state index is 8.52. The molecule has 0 bridgehead atoms. The third kappa shape index (κ3) is 88.9. The van der Waals surface area contributed by atoms with Crippen LogP contribution in [0.15, 0.2) is 0 Å². The predicted octanol–water partition coefficient (Wildman–Crippen LogP) is -6.16. The van der Waals surface area contributed by atoms with E-state index in [9.17, 15) is 0 Å². The van der Waals surface area contributed by atoms with Crippen molar-refractivity contribution in [2.75, 3.05) is 17.2 Å². The minimum Gasteiger partial charge on any atom is -0.759 e. The molecule has 0 aliphatic carbocycles. The van der Waals surface area contributed by atoms with Crippen molar-refractivity contribution in [1.82, 2.24) is 15.0 Å². The van der Waals surface area contributed by atoms with Gasteiger partial charge in [0.2, 0.25) is 17.8 Å². The maximum absolute atomic E-state index is 8.52. The molecular weight excluding hydrogens is 826 g/mol. The van der Waals surface area contributed by atoms with Crippen LogP contribution in [0.5, 0.6) is 0 Å². The first-order valence-corrected chi connectivity index (χ1v) is 8.21. The molecule has 18 nitrogen and oxygen atoms in total. The normalized spacial score (nSPS) is 9.92. The van der Waals surface area contributed by atoms with Gasteiger partial charge in [0.05, 0.1) is 0 Å². The summed E-state index contributed by atoms with van der Waals surface area (Å²) in [5.74, 6) is 0.125. The van der Waals surface area contributed by atoms with Gasteiger partial charge in [-0.05, 0) is 0 Å². The zero-order valence-electron chi connectivity index (χ0n) is 11.6. The predicted molar refractivity (Wildman–Crippen MR) is 76.0 cm³/mol. The van der Waals surface area contributed by atoms with Crippen molar-refractivity contribution in [3.05, 3.63) is 0 Å². The van der Waals surface area contributed by atoms with Crippen LogP contribution in [0.2, 0.25) is 0 Å². The van der Waals surface area contributed by atoms with Gasteiger partial charge in [-0.2, -0.15) is 15.0 Å². The van der Waals surface area contributed by atoms with E-state index in [0.29, 0.717) is 0 Å². The first kappa shape index (κ1) is 36.7. The fourth-order valence-corrected chi connectivity index (χ4v) is 0.427. The second kappa shape index (κ2) is 15.8. The monoisotopic (exact) mass is 832 g/mol. The van der Waals surface area contributed by atoms with Gasteiger partial charge in [-0.25, -0.2) is 0 Å². The fraction of sp³-hybridized carbons (Fsp3) is 0. The van der Waals surface area contributed by atoms with Crippen LogP contribution in [0, 0.1) is 0 Å². The van der Waals surface area contributed by atoms with Crippen LogP contribution >= 0.6 is 0 Å². The van der Waals surface area contributed by atoms with E-state index in [-0.39, 0.29) is 70.3 Å². The van der Waals surface area contributed by atoms with Gasteiger partial charge in [0.15, 0.2) is 0 Å². The van der Waals surface area contributed by atoms with E-state index in [1.807, 2.05) is 0 Å². The van der Waals surface area contributed by atoms with Crippen LogP contribution in [0.1, 0.15) is 0 Å². The van der Waals surface area contributed by atoms with E-state index in [1.165, 1.54) is 0 Å². The van der Waals surface area contributed by atoms with Gasteiger partial charge in [-0.1, -0.05) is 0 Å². The van der Waals surface area contributed by atoms with Crippen LogP contribution in [-0.4, -0.2) is 120 Å². The summed E-state index contributed by atoms with van der Waals surface area (Å²) in [5, 5.41) is 0. The Morgan fingerprint density at radius 2 is 0.577 bits per heavy atom. The van der Waals surface area contributed by atoms with E-state index in [4.69, 9.17) is 69.8 Å². The van der Waals surface area contributed by atoms with Gasteiger partial charge in [-0.15, -0.1) is 0 Å². The zero-order chi connectivity index (χ0) is 20.4. The second-order valence-electron chi connectivity index (χ2n) is 2.63. The summed E-state index contributed by atoms with van der Waals surface area (Å²) in [7, 11) is -15.5. The van der Waals surface area contributed by atoms with Crippen LogP contribution in [0.25, 0.3) is 0 Å². The molecule has 4 radical (unpaired) electrons. The van der Waals surface area contributed by atoms with Crippen molar-refractivity contribution in [3.63, 3.8) is 0 Å². The molecule has 26 heavy (non-hydrogen) atoms. The molecule has 0 unspecified atom stereocenters. The summed E-state index contributed by atoms with van der Waals surface area (Å²) in [4.78, 5) is 10.5. The van der Waals surface area contributed by atoms with E-state index < -0.39 is 31.2 Å². The Bertz CT molecular complexity index is 665. The van der Waals surface area contributed by atoms with E-state index in [0.717, 1.165) is 0 Å². The first-order chi connectivity index (χ1) is 10.2. The summed E-state index contributed by atoms with van der Waals surface area (Å²) >= 11 is 0. The van der Waals surface area contributed by atoms with Gasteiger partial charge in [0.1, 0.15) is 0 Å². The molecule has 0 aromatic carbocycles. The molecule has 0 aliphatic rings. The molecule has 1 rings (SSSR count). The average Bonchev–Trinajstić information content (AvgIpc) is 2.04. The molecule has 0 fully saturated rings. The second-order valence-corrected chi connectivity index (χ2v) is 5.08. The van der Waals surface area contributed by atoms with Gasteiger partial charge >= 0.3 is 52.4 Å². The molecule has 0 saturated heterocycles. The van der Waals surface area contributed by atoms with Gasteiger partial charge < -0.3 is 44.5 Å².